The molecule has 2 nitrogen and oxygen atoms in total. The first kappa shape index (κ1) is 8.71. The number of hydrogen-bond acceptors (Lipinski definition) is 2. The number of alkyl halides is 1. The molecule has 12 heavy (non-hydrogen) atoms. The van der Waals surface area contributed by atoms with Gasteiger partial charge < -0.3 is 9.90 Å². The summed E-state index contributed by atoms with van der Waals surface area (Å²) in [5.41, 5.74) is 0.620. The van der Waals surface area contributed by atoms with E-state index in [1.165, 1.54) is 12.1 Å². The van der Waals surface area contributed by atoms with E-state index in [0.717, 1.165) is 0 Å². The highest BCUT2D eigenvalue weighted by Gasteiger charge is 2.05. The van der Waals surface area contributed by atoms with Gasteiger partial charge in [-0.15, -0.1) is 0 Å². The summed E-state index contributed by atoms with van der Waals surface area (Å²) in [5, 5.41) is 8.99. The van der Waals surface area contributed by atoms with Gasteiger partial charge in [-0.05, 0) is 17.7 Å². The molecular weight excluding hydrogens is 159 g/mol. The van der Waals surface area contributed by atoms with Crippen molar-refractivity contribution < 1.29 is 14.3 Å². The van der Waals surface area contributed by atoms with Crippen LogP contribution in [0.4, 0.5) is 4.39 Å². The number of carbonyl (C=O) groups is 1. The summed E-state index contributed by atoms with van der Waals surface area (Å²) < 4.78 is 12.5. The second kappa shape index (κ2) is 3.85. The van der Waals surface area contributed by atoms with Crippen molar-refractivity contribution in [3.05, 3.63) is 29.8 Å². The van der Waals surface area contributed by atoms with Gasteiger partial charge in [0.15, 0.2) is 12.5 Å². The molecule has 0 aliphatic heterocycles. The average molecular weight is 168 g/mol. The Morgan fingerprint density at radius 2 is 2.33 bits per heavy atom. The van der Waals surface area contributed by atoms with Crippen LogP contribution >= 0.6 is 0 Å². The summed E-state index contributed by atoms with van der Waals surface area (Å²) in [5.74, 6) is 0.0885. The van der Waals surface area contributed by atoms with Crippen LogP contribution in [0.2, 0.25) is 0 Å². The van der Waals surface area contributed by atoms with Crippen LogP contribution in [-0.2, 0) is 11.2 Å². The topological polar surface area (TPSA) is 37.3 Å². The molecule has 0 aromatic heterocycles. The normalized spacial score (nSPS) is 12.4. The molecule has 1 rings (SSSR count). The molecule has 1 atom stereocenters. The van der Waals surface area contributed by atoms with Gasteiger partial charge in [0.05, 0.1) is 0 Å². The van der Waals surface area contributed by atoms with Gasteiger partial charge in [0, 0.05) is 6.42 Å². The Labute approximate surface area is 69.6 Å². The first-order valence-corrected chi connectivity index (χ1v) is 3.59. The molecule has 1 N–H and O–H groups in total. The predicted octanol–water partition coefficient (Wildman–Crippen LogP) is 1.47. The van der Waals surface area contributed by atoms with Crippen molar-refractivity contribution in [3.8, 4) is 5.75 Å². The van der Waals surface area contributed by atoms with Crippen LogP contribution in [0.5, 0.6) is 5.75 Å². The van der Waals surface area contributed by atoms with Crippen molar-refractivity contribution in [2.45, 2.75) is 12.6 Å². The van der Waals surface area contributed by atoms with Gasteiger partial charge in [-0.2, -0.15) is 0 Å². The fraction of sp³-hybridized carbons (Fsp3) is 0.222. The third-order valence-electron chi connectivity index (χ3n) is 1.49. The van der Waals surface area contributed by atoms with Crippen LogP contribution in [0, 0.1) is 0 Å². The van der Waals surface area contributed by atoms with Gasteiger partial charge in [0.25, 0.3) is 0 Å². The molecule has 3 heteroatoms. The molecule has 0 aliphatic rings. The largest absolute Gasteiger partial charge is 0.508 e. The Hall–Kier alpha value is -1.38. The Morgan fingerprint density at radius 1 is 1.58 bits per heavy atom. The zero-order valence-corrected chi connectivity index (χ0v) is 6.40. The summed E-state index contributed by atoms with van der Waals surface area (Å²) >= 11 is 0. The molecule has 1 unspecified atom stereocenters. The third kappa shape index (κ3) is 2.34. The van der Waals surface area contributed by atoms with Crippen molar-refractivity contribution in [1.82, 2.24) is 0 Å². The second-order valence-electron chi connectivity index (χ2n) is 2.53. The van der Waals surface area contributed by atoms with Gasteiger partial charge in [-0.25, -0.2) is 4.39 Å². The fourth-order valence-corrected chi connectivity index (χ4v) is 0.957. The Balaban J connectivity index is 2.69. The molecule has 0 amide bonds. The highest BCUT2D eigenvalue weighted by Crippen LogP contribution is 2.12. The standard InChI is InChI=1S/C9H9FO2/c10-8(6-11)4-7-2-1-3-9(12)5-7/h1-3,5-6,8,12H,4H2. The molecule has 0 aliphatic carbocycles. The summed E-state index contributed by atoms with van der Waals surface area (Å²) in [4.78, 5) is 9.96. The lowest BCUT2D eigenvalue weighted by molar-refractivity contribution is -0.111. The van der Waals surface area contributed by atoms with E-state index in [9.17, 15) is 9.18 Å². The number of rotatable bonds is 3. The Kier molecular flexibility index (Phi) is 2.80. The van der Waals surface area contributed by atoms with E-state index in [4.69, 9.17) is 5.11 Å². The number of phenols is 1. The molecule has 0 bridgehead atoms. The molecule has 0 spiro atoms. The van der Waals surface area contributed by atoms with Crippen LogP contribution in [0.15, 0.2) is 24.3 Å². The maximum Gasteiger partial charge on any atom is 0.159 e. The van der Waals surface area contributed by atoms with E-state index >= 15 is 0 Å². The van der Waals surface area contributed by atoms with E-state index in [1.54, 1.807) is 12.1 Å². The number of phenolic OH excluding ortho intramolecular Hbond substituents is 1. The first-order chi connectivity index (χ1) is 5.72. The van der Waals surface area contributed by atoms with Crippen molar-refractivity contribution in [1.29, 1.82) is 0 Å². The monoisotopic (exact) mass is 168 g/mol. The molecule has 0 saturated carbocycles. The summed E-state index contributed by atoms with van der Waals surface area (Å²) in [6, 6.07) is 6.21. The van der Waals surface area contributed by atoms with E-state index in [2.05, 4.69) is 0 Å². The van der Waals surface area contributed by atoms with Crippen molar-refractivity contribution >= 4 is 6.29 Å². The predicted molar refractivity (Wildman–Crippen MR) is 42.8 cm³/mol. The van der Waals surface area contributed by atoms with E-state index in [1.807, 2.05) is 0 Å². The minimum absolute atomic E-state index is 0.0257. The quantitative estimate of drug-likeness (QED) is 0.694. The first-order valence-electron chi connectivity index (χ1n) is 3.59. The van der Waals surface area contributed by atoms with Gasteiger partial charge in [-0.3, -0.25) is 0 Å². The molecule has 0 heterocycles. The molecule has 0 radical (unpaired) electrons. The van der Waals surface area contributed by atoms with Gasteiger partial charge in [0.2, 0.25) is 0 Å². The highest BCUT2D eigenvalue weighted by atomic mass is 19.1. The lowest BCUT2D eigenvalue weighted by atomic mass is 10.1. The minimum Gasteiger partial charge on any atom is -0.508 e. The second-order valence-corrected chi connectivity index (χ2v) is 2.53. The molecular formula is C9H9FO2. The maximum absolute atomic E-state index is 12.5. The van der Waals surface area contributed by atoms with Gasteiger partial charge in [-0.1, -0.05) is 12.1 Å². The molecule has 0 saturated heterocycles. The molecule has 64 valence electrons. The lowest BCUT2D eigenvalue weighted by Crippen LogP contribution is -2.05. The number of carbonyl (C=O) groups excluding carboxylic acids is 1. The smallest absolute Gasteiger partial charge is 0.159 e. The van der Waals surface area contributed by atoms with Crippen LogP contribution in [0.1, 0.15) is 5.56 Å². The number of aldehydes is 1. The molecule has 0 fully saturated rings. The molecule has 1 aromatic rings. The Bertz CT molecular complexity index is 273. The maximum atomic E-state index is 12.5. The Morgan fingerprint density at radius 3 is 2.92 bits per heavy atom. The van der Waals surface area contributed by atoms with Crippen LogP contribution < -0.4 is 0 Å². The third-order valence-corrected chi connectivity index (χ3v) is 1.49. The molecule has 1 aromatic carbocycles. The van der Waals surface area contributed by atoms with Gasteiger partial charge in [0.1, 0.15) is 5.75 Å². The SMILES string of the molecule is O=CC(F)Cc1cccc(O)c1. The van der Waals surface area contributed by atoms with E-state index in [0.29, 0.717) is 5.56 Å². The summed E-state index contributed by atoms with van der Waals surface area (Å²) in [6.45, 7) is 0. The van der Waals surface area contributed by atoms with Crippen LogP contribution in [0.3, 0.4) is 0 Å². The highest BCUT2D eigenvalue weighted by molar-refractivity contribution is 5.56. The summed E-state index contributed by atoms with van der Waals surface area (Å²) in [7, 11) is 0. The lowest BCUT2D eigenvalue weighted by Gasteiger charge is -2.00. The summed E-state index contributed by atoms with van der Waals surface area (Å²) in [6.07, 6.45) is -1.20. The van der Waals surface area contributed by atoms with Crippen LogP contribution in [0.25, 0.3) is 0 Å². The van der Waals surface area contributed by atoms with Crippen molar-refractivity contribution in [2.24, 2.45) is 0 Å². The van der Waals surface area contributed by atoms with E-state index in [-0.39, 0.29) is 18.5 Å². The number of halogens is 1. The average Bonchev–Trinajstić information content (AvgIpc) is 2.04. The fourth-order valence-electron chi connectivity index (χ4n) is 0.957. The number of benzene rings is 1. The van der Waals surface area contributed by atoms with Crippen molar-refractivity contribution in [2.75, 3.05) is 0 Å². The zero-order valence-electron chi connectivity index (χ0n) is 6.40. The minimum atomic E-state index is -1.48. The van der Waals surface area contributed by atoms with Crippen LogP contribution in [-0.4, -0.2) is 17.6 Å². The van der Waals surface area contributed by atoms with E-state index < -0.39 is 6.17 Å². The van der Waals surface area contributed by atoms with Gasteiger partial charge >= 0.3 is 0 Å². The number of aromatic hydroxyl groups is 1. The van der Waals surface area contributed by atoms with Crippen molar-refractivity contribution in [3.63, 3.8) is 0 Å². The number of hydrogen-bond donors (Lipinski definition) is 1. The zero-order chi connectivity index (χ0) is 8.97.